The topological polar surface area (TPSA) is 78.9 Å². The Kier molecular flexibility index (Phi) is 53.7. The molecule has 0 aliphatic carbocycles. The summed E-state index contributed by atoms with van der Waals surface area (Å²) >= 11 is 0. The standard InChI is InChI=1S/C60H112O6/c1-4-7-10-13-16-19-22-25-28-29-30-31-33-35-38-41-44-47-50-53-59(62)65-56-57(55-64-58(61)52-49-46-43-40-37-34-27-24-21-18-15-12-9-6-3)66-60(63)54-51-48-45-42-39-36-32-26-23-20-17-14-11-8-5-2/h15,18,24,27,57H,4-14,16-17,19-23,25-26,28-56H2,1-3H3/b18-15-,27-24-/t57-/m1/s1. The zero-order chi connectivity index (χ0) is 47.9. The molecule has 66 heavy (non-hydrogen) atoms. The van der Waals surface area contributed by atoms with Gasteiger partial charge in [-0.1, -0.05) is 283 Å². The van der Waals surface area contributed by atoms with Gasteiger partial charge >= 0.3 is 17.9 Å². The third-order valence-corrected chi connectivity index (χ3v) is 13.2. The summed E-state index contributed by atoms with van der Waals surface area (Å²) in [5, 5.41) is 0. The van der Waals surface area contributed by atoms with Crippen LogP contribution in [0.3, 0.4) is 0 Å². The maximum Gasteiger partial charge on any atom is 0.306 e. The zero-order valence-corrected chi connectivity index (χ0v) is 44.5. The number of unbranched alkanes of at least 4 members (excludes halogenated alkanes) is 39. The minimum absolute atomic E-state index is 0.0700. The van der Waals surface area contributed by atoms with Gasteiger partial charge in [0, 0.05) is 19.3 Å². The summed E-state index contributed by atoms with van der Waals surface area (Å²) in [7, 11) is 0. The molecular weight excluding hydrogens is 817 g/mol. The lowest BCUT2D eigenvalue weighted by atomic mass is 10.0. The number of hydrogen-bond acceptors (Lipinski definition) is 6. The van der Waals surface area contributed by atoms with Crippen molar-refractivity contribution in [1.82, 2.24) is 0 Å². The summed E-state index contributed by atoms with van der Waals surface area (Å²) < 4.78 is 16.9. The van der Waals surface area contributed by atoms with E-state index in [4.69, 9.17) is 14.2 Å². The fourth-order valence-corrected chi connectivity index (χ4v) is 8.76. The maximum atomic E-state index is 12.8. The van der Waals surface area contributed by atoms with Crippen LogP contribution >= 0.6 is 0 Å². The summed E-state index contributed by atoms with van der Waals surface area (Å²) in [5.41, 5.74) is 0. The van der Waals surface area contributed by atoms with E-state index < -0.39 is 6.10 Å². The van der Waals surface area contributed by atoms with Gasteiger partial charge in [-0.15, -0.1) is 0 Å². The normalized spacial score (nSPS) is 12.1. The average Bonchev–Trinajstić information content (AvgIpc) is 3.31. The minimum Gasteiger partial charge on any atom is -0.462 e. The van der Waals surface area contributed by atoms with E-state index in [-0.39, 0.29) is 31.1 Å². The van der Waals surface area contributed by atoms with E-state index >= 15 is 0 Å². The van der Waals surface area contributed by atoms with E-state index in [1.54, 1.807) is 0 Å². The summed E-state index contributed by atoms with van der Waals surface area (Å²) in [6.45, 7) is 6.64. The number of esters is 3. The van der Waals surface area contributed by atoms with Crippen LogP contribution in [0.25, 0.3) is 0 Å². The molecule has 1 atom stereocenters. The molecule has 0 bridgehead atoms. The van der Waals surface area contributed by atoms with Crippen molar-refractivity contribution in [3.05, 3.63) is 24.3 Å². The Morgan fingerprint density at radius 1 is 0.303 bits per heavy atom. The number of ether oxygens (including phenoxy) is 3. The van der Waals surface area contributed by atoms with Crippen molar-refractivity contribution in [2.75, 3.05) is 13.2 Å². The van der Waals surface area contributed by atoms with Crippen LogP contribution in [0, 0.1) is 0 Å². The Morgan fingerprint density at radius 2 is 0.561 bits per heavy atom. The Labute approximate surface area is 411 Å². The largest absolute Gasteiger partial charge is 0.462 e. The summed E-state index contributed by atoms with van der Waals surface area (Å²) in [5.74, 6) is -0.862. The molecule has 0 radical (unpaired) electrons. The first-order valence-electron chi connectivity index (χ1n) is 29.3. The van der Waals surface area contributed by atoms with Crippen LogP contribution < -0.4 is 0 Å². The van der Waals surface area contributed by atoms with Crippen molar-refractivity contribution in [3.63, 3.8) is 0 Å². The molecule has 0 saturated heterocycles. The molecule has 0 aromatic rings. The van der Waals surface area contributed by atoms with E-state index in [1.807, 2.05) is 0 Å². The van der Waals surface area contributed by atoms with Crippen LogP contribution in [0.4, 0.5) is 0 Å². The lowest BCUT2D eigenvalue weighted by Gasteiger charge is -2.18. The van der Waals surface area contributed by atoms with Crippen LogP contribution in [0.1, 0.15) is 323 Å². The lowest BCUT2D eigenvalue weighted by molar-refractivity contribution is -0.167. The average molecular weight is 930 g/mol. The highest BCUT2D eigenvalue weighted by atomic mass is 16.6. The van der Waals surface area contributed by atoms with E-state index in [0.717, 1.165) is 77.0 Å². The van der Waals surface area contributed by atoms with Gasteiger partial charge in [-0.05, 0) is 44.9 Å². The molecule has 388 valence electrons. The summed E-state index contributed by atoms with van der Waals surface area (Å²) in [6, 6.07) is 0. The van der Waals surface area contributed by atoms with Crippen molar-refractivity contribution < 1.29 is 28.6 Å². The van der Waals surface area contributed by atoms with Gasteiger partial charge in [0.15, 0.2) is 6.10 Å². The van der Waals surface area contributed by atoms with Crippen molar-refractivity contribution in [3.8, 4) is 0 Å². The second-order valence-corrected chi connectivity index (χ2v) is 19.9. The molecule has 0 aliphatic rings. The molecule has 0 aromatic carbocycles. The quantitative estimate of drug-likeness (QED) is 0.0262. The van der Waals surface area contributed by atoms with Gasteiger partial charge < -0.3 is 14.2 Å². The van der Waals surface area contributed by atoms with Gasteiger partial charge in [-0.25, -0.2) is 0 Å². The van der Waals surface area contributed by atoms with E-state index in [1.165, 1.54) is 205 Å². The summed E-state index contributed by atoms with van der Waals surface area (Å²) in [4.78, 5) is 38.1. The highest BCUT2D eigenvalue weighted by molar-refractivity contribution is 5.71. The molecule has 6 heteroatoms. The van der Waals surface area contributed by atoms with E-state index in [2.05, 4.69) is 45.1 Å². The lowest BCUT2D eigenvalue weighted by Crippen LogP contribution is -2.30. The second kappa shape index (κ2) is 55.5. The van der Waals surface area contributed by atoms with Crippen LogP contribution in [-0.4, -0.2) is 37.2 Å². The highest BCUT2D eigenvalue weighted by Crippen LogP contribution is 2.17. The number of carbonyl (C=O) groups excluding carboxylic acids is 3. The first-order chi connectivity index (χ1) is 32.5. The van der Waals surface area contributed by atoms with Crippen LogP contribution in [0.15, 0.2) is 24.3 Å². The zero-order valence-electron chi connectivity index (χ0n) is 44.5. The Hall–Kier alpha value is -2.11. The van der Waals surface area contributed by atoms with Gasteiger partial charge in [0.25, 0.3) is 0 Å². The molecule has 0 amide bonds. The molecule has 0 spiro atoms. The molecular formula is C60H112O6. The third-order valence-electron chi connectivity index (χ3n) is 13.2. The molecule has 0 aromatic heterocycles. The highest BCUT2D eigenvalue weighted by Gasteiger charge is 2.19. The molecule has 0 rings (SSSR count). The van der Waals surface area contributed by atoms with Gasteiger partial charge in [-0.3, -0.25) is 14.4 Å². The Balaban J connectivity index is 4.31. The van der Waals surface area contributed by atoms with Crippen molar-refractivity contribution in [2.24, 2.45) is 0 Å². The van der Waals surface area contributed by atoms with E-state index in [9.17, 15) is 14.4 Å². The second-order valence-electron chi connectivity index (χ2n) is 19.9. The molecule has 0 N–H and O–H groups in total. The van der Waals surface area contributed by atoms with E-state index in [0.29, 0.717) is 19.3 Å². The smallest absolute Gasteiger partial charge is 0.306 e. The van der Waals surface area contributed by atoms with Gasteiger partial charge in [0.05, 0.1) is 0 Å². The van der Waals surface area contributed by atoms with Gasteiger partial charge in [0.1, 0.15) is 13.2 Å². The number of rotatable bonds is 54. The molecule has 0 unspecified atom stereocenters. The van der Waals surface area contributed by atoms with Gasteiger partial charge in [0.2, 0.25) is 0 Å². The fraction of sp³-hybridized carbons (Fsp3) is 0.883. The summed E-state index contributed by atoms with van der Waals surface area (Å²) in [6.07, 6.45) is 64.5. The molecule has 0 fully saturated rings. The van der Waals surface area contributed by atoms with Crippen molar-refractivity contribution in [2.45, 2.75) is 329 Å². The van der Waals surface area contributed by atoms with Gasteiger partial charge in [-0.2, -0.15) is 0 Å². The minimum atomic E-state index is -0.772. The monoisotopic (exact) mass is 929 g/mol. The van der Waals surface area contributed by atoms with Crippen LogP contribution in [-0.2, 0) is 28.6 Å². The number of carbonyl (C=O) groups is 3. The van der Waals surface area contributed by atoms with Crippen molar-refractivity contribution >= 4 is 17.9 Å². The van der Waals surface area contributed by atoms with Crippen molar-refractivity contribution in [1.29, 1.82) is 0 Å². The molecule has 0 saturated carbocycles. The Morgan fingerprint density at radius 3 is 0.879 bits per heavy atom. The number of hydrogen-bond donors (Lipinski definition) is 0. The number of allylic oxidation sites excluding steroid dienone is 4. The first kappa shape index (κ1) is 63.9. The Bertz CT molecular complexity index is 1070. The maximum absolute atomic E-state index is 12.8. The predicted molar refractivity (Wildman–Crippen MR) is 284 cm³/mol. The van der Waals surface area contributed by atoms with Crippen LogP contribution in [0.2, 0.25) is 0 Å². The molecule has 0 aliphatic heterocycles. The third kappa shape index (κ3) is 52.9. The first-order valence-corrected chi connectivity index (χ1v) is 29.3. The SMILES string of the molecule is CCCC/C=C\C/C=C\CCCCCCCC(=O)OC[C@H](COC(=O)CCCCCCCCCCCCCCCCCCCCC)OC(=O)CCCCCCCCCCCCCCCCC. The predicted octanol–water partition coefficient (Wildman–Crippen LogP) is 19.5. The molecule has 0 heterocycles. The molecule has 6 nitrogen and oxygen atoms in total. The van der Waals surface area contributed by atoms with Crippen LogP contribution in [0.5, 0.6) is 0 Å². The fourth-order valence-electron chi connectivity index (χ4n) is 8.76.